The minimum atomic E-state index is -2.39. The summed E-state index contributed by atoms with van der Waals surface area (Å²) in [6.45, 7) is 8.20. The molecule has 0 aromatic carbocycles. The molecule has 0 saturated heterocycles. The normalized spacial score (nSPS) is 29.2. The molecule has 2 aliphatic carbocycles. The third-order valence-corrected chi connectivity index (χ3v) is 8.19. The van der Waals surface area contributed by atoms with Crippen molar-refractivity contribution in [2.75, 3.05) is 19.8 Å². The Hall–Kier alpha value is 0.0969. The number of hydrogen-bond acceptors (Lipinski definition) is 3. The Morgan fingerprint density at radius 3 is 2.00 bits per heavy atom. The van der Waals surface area contributed by atoms with Crippen LogP contribution in [0.4, 0.5) is 0 Å². The number of hydrogen-bond donors (Lipinski definition) is 0. The van der Waals surface area contributed by atoms with Crippen LogP contribution in [-0.2, 0) is 13.3 Å². The van der Waals surface area contributed by atoms with E-state index < -0.39 is 8.80 Å². The maximum absolute atomic E-state index is 5.93. The smallest absolute Gasteiger partial charge is 0.374 e. The van der Waals surface area contributed by atoms with Gasteiger partial charge in [-0.05, 0) is 64.2 Å². The molecular weight excluding hydrogens is 268 g/mol. The van der Waals surface area contributed by atoms with Gasteiger partial charge in [-0.25, -0.2) is 0 Å². The Labute approximate surface area is 125 Å². The SMILES string of the molecule is CCO[Si](CCCC1CC2CCC1C2)(OCC)OCC. The van der Waals surface area contributed by atoms with E-state index in [-0.39, 0.29) is 0 Å². The van der Waals surface area contributed by atoms with E-state index in [1.807, 2.05) is 20.8 Å². The summed E-state index contributed by atoms with van der Waals surface area (Å²) in [5, 5.41) is 0. The van der Waals surface area contributed by atoms with Crippen LogP contribution in [0.3, 0.4) is 0 Å². The highest BCUT2D eigenvalue weighted by molar-refractivity contribution is 6.60. The fraction of sp³-hybridized carbons (Fsp3) is 1.00. The van der Waals surface area contributed by atoms with E-state index in [4.69, 9.17) is 13.3 Å². The van der Waals surface area contributed by atoms with Gasteiger partial charge in [0.1, 0.15) is 0 Å². The van der Waals surface area contributed by atoms with Crippen molar-refractivity contribution in [1.82, 2.24) is 0 Å². The minimum absolute atomic E-state index is 0.695. The topological polar surface area (TPSA) is 27.7 Å². The van der Waals surface area contributed by atoms with Crippen molar-refractivity contribution in [3.8, 4) is 0 Å². The molecule has 0 aromatic heterocycles. The summed E-state index contributed by atoms with van der Waals surface area (Å²) in [4.78, 5) is 0. The molecule has 0 N–H and O–H groups in total. The molecule has 0 spiro atoms. The fourth-order valence-corrected chi connectivity index (χ4v) is 6.95. The monoisotopic (exact) mass is 300 g/mol. The standard InChI is InChI=1S/C16H32O3Si/c1-4-17-20(18-5-2,19-6-3)11-7-8-15-12-14-9-10-16(15)13-14/h14-16H,4-13H2,1-3H3. The summed E-state index contributed by atoms with van der Waals surface area (Å²) in [5.74, 6) is 3.06. The van der Waals surface area contributed by atoms with Gasteiger partial charge in [0.15, 0.2) is 0 Å². The summed E-state index contributed by atoms with van der Waals surface area (Å²) < 4.78 is 17.8. The average molecular weight is 301 g/mol. The summed E-state index contributed by atoms with van der Waals surface area (Å²) in [5.41, 5.74) is 0. The van der Waals surface area contributed by atoms with Crippen molar-refractivity contribution >= 4 is 8.80 Å². The summed E-state index contributed by atoms with van der Waals surface area (Å²) >= 11 is 0. The first-order valence-corrected chi connectivity index (χ1v) is 10.6. The van der Waals surface area contributed by atoms with Gasteiger partial charge in [-0.1, -0.05) is 12.8 Å². The van der Waals surface area contributed by atoms with E-state index in [1.54, 1.807) is 0 Å². The van der Waals surface area contributed by atoms with Crippen LogP contribution in [0.1, 0.15) is 59.3 Å². The van der Waals surface area contributed by atoms with E-state index in [2.05, 4.69) is 0 Å². The molecule has 0 radical (unpaired) electrons. The number of rotatable bonds is 10. The molecule has 4 heteroatoms. The Bertz CT molecular complexity index is 268. The molecule has 2 saturated carbocycles. The lowest BCUT2D eigenvalue weighted by molar-refractivity contribution is 0.0701. The molecule has 20 heavy (non-hydrogen) atoms. The Morgan fingerprint density at radius 1 is 0.900 bits per heavy atom. The van der Waals surface area contributed by atoms with Gasteiger partial charge in [0.05, 0.1) is 0 Å². The zero-order chi connectivity index (χ0) is 14.4. The van der Waals surface area contributed by atoms with Gasteiger partial charge in [0, 0.05) is 25.9 Å². The van der Waals surface area contributed by atoms with Crippen LogP contribution in [0.25, 0.3) is 0 Å². The minimum Gasteiger partial charge on any atom is -0.374 e. The molecule has 118 valence electrons. The maximum Gasteiger partial charge on any atom is 0.500 e. The molecule has 0 aliphatic heterocycles. The maximum atomic E-state index is 5.93. The van der Waals surface area contributed by atoms with E-state index in [0.29, 0.717) is 19.8 Å². The lowest BCUT2D eigenvalue weighted by Gasteiger charge is -2.29. The van der Waals surface area contributed by atoms with E-state index in [0.717, 1.165) is 23.8 Å². The van der Waals surface area contributed by atoms with Gasteiger partial charge in [-0.2, -0.15) is 0 Å². The van der Waals surface area contributed by atoms with Crippen LogP contribution in [0, 0.1) is 17.8 Å². The summed E-state index contributed by atoms with van der Waals surface area (Å²) in [6.07, 6.45) is 8.53. The molecule has 0 aromatic rings. The predicted molar refractivity (Wildman–Crippen MR) is 83.6 cm³/mol. The largest absolute Gasteiger partial charge is 0.500 e. The molecule has 2 fully saturated rings. The van der Waals surface area contributed by atoms with Gasteiger partial charge in [-0.3, -0.25) is 0 Å². The Kier molecular flexibility index (Phi) is 6.52. The lowest BCUT2D eigenvalue weighted by atomic mass is 9.86. The summed E-state index contributed by atoms with van der Waals surface area (Å²) in [6, 6.07) is 0.996. The van der Waals surface area contributed by atoms with Gasteiger partial charge in [0.25, 0.3) is 0 Å². The van der Waals surface area contributed by atoms with Crippen molar-refractivity contribution in [2.24, 2.45) is 17.8 Å². The van der Waals surface area contributed by atoms with Crippen molar-refractivity contribution in [2.45, 2.75) is 65.3 Å². The van der Waals surface area contributed by atoms with Crippen LogP contribution in [0.5, 0.6) is 0 Å². The van der Waals surface area contributed by atoms with E-state index >= 15 is 0 Å². The Morgan fingerprint density at radius 2 is 1.55 bits per heavy atom. The molecule has 3 nitrogen and oxygen atoms in total. The molecule has 3 unspecified atom stereocenters. The molecule has 2 rings (SSSR count). The summed E-state index contributed by atoms with van der Waals surface area (Å²) in [7, 11) is -2.39. The third kappa shape index (κ3) is 4.06. The molecule has 3 atom stereocenters. The average Bonchev–Trinajstić information content (AvgIpc) is 3.02. The highest BCUT2D eigenvalue weighted by Gasteiger charge is 2.42. The lowest BCUT2D eigenvalue weighted by Crippen LogP contribution is -2.46. The van der Waals surface area contributed by atoms with Gasteiger partial charge in [0.2, 0.25) is 0 Å². The first-order chi connectivity index (χ1) is 9.73. The number of fused-ring (bicyclic) bond motifs is 2. The molecule has 2 bridgehead atoms. The molecule has 2 aliphatic rings. The second-order valence-electron chi connectivity index (χ2n) is 6.31. The van der Waals surface area contributed by atoms with Crippen molar-refractivity contribution in [3.63, 3.8) is 0 Å². The van der Waals surface area contributed by atoms with Crippen molar-refractivity contribution in [3.05, 3.63) is 0 Å². The van der Waals surface area contributed by atoms with Crippen molar-refractivity contribution < 1.29 is 13.3 Å². The van der Waals surface area contributed by atoms with Crippen molar-refractivity contribution in [1.29, 1.82) is 0 Å². The predicted octanol–water partition coefficient (Wildman–Crippen LogP) is 4.25. The van der Waals surface area contributed by atoms with Crippen LogP contribution >= 0.6 is 0 Å². The highest BCUT2D eigenvalue weighted by atomic mass is 28.4. The molecular formula is C16H32O3Si. The van der Waals surface area contributed by atoms with Crippen LogP contribution < -0.4 is 0 Å². The first-order valence-electron chi connectivity index (χ1n) is 8.64. The van der Waals surface area contributed by atoms with Gasteiger partial charge in [-0.15, -0.1) is 0 Å². The second kappa shape index (κ2) is 7.92. The van der Waals surface area contributed by atoms with Gasteiger partial charge >= 0.3 is 8.80 Å². The zero-order valence-electron chi connectivity index (χ0n) is 13.5. The van der Waals surface area contributed by atoms with Crippen LogP contribution in [0.2, 0.25) is 6.04 Å². The van der Waals surface area contributed by atoms with Crippen LogP contribution in [0.15, 0.2) is 0 Å². The third-order valence-electron chi connectivity index (χ3n) is 5.04. The second-order valence-corrected chi connectivity index (χ2v) is 9.04. The quantitative estimate of drug-likeness (QED) is 0.564. The van der Waals surface area contributed by atoms with E-state index in [9.17, 15) is 0 Å². The zero-order valence-corrected chi connectivity index (χ0v) is 14.5. The van der Waals surface area contributed by atoms with E-state index in [1.165, 1.54) is 38.5 Å². The Balaban J connectivity index is 1.78. The fourth-order valence-electron chi connectivity index (χ4n) is 4.31. The molecule has 0 amide bonds. The molecule has 0 heterocycles. The first kappa shape index (κ1) is 16.5. The van der Waals surface area contributed by atoms with Gasteiger partial charge < -0.3 is 13.3 Å². The highest BCUT2D eigenvalue weighted by Crippen LogP contribution is 2.50. The van der Waals surface area contributed by atoms with Crippen LogP contribution in [-0.4, -0.2) is 28.6 Å².